The molecular weight excluding hydrogens is 503 g/mol. The van der Waals surface area contributed by atoms with E-state index >= 15 is 0 Å². The van der Waals surface area contributed by atoms with Crippen LogP contribution in [0.5, 0.6) is 0 Å². The molecule has 2 atom stereocenters. The van der Waals surface area contributed by atoms with Crippen LogP contribution in [0.15, 0.2) is 35.4 Å². The minimum Gasteiger partial charge on any atom is -0.366 e. The number of anilines is 3. The largest absolute Gasteiger partial charge is 0.420 e. The van der Waals surface area contributed by atoms with E-state index in [0.717, 1.165) is 71.7 Å². The third-order valence-electron chi connectivity index (χ3n) is 7.26. The zero-order valence-corrected chi connectivity index (χ0v) is 21.6. The first-order valence-electron chi connectivity index (χ1n) is 12.5. The second-order valence-corrected chi connectivity index (χ2v) is 11.9. The molecule has 190 valence electrons. The molecule has 3 aliphatic rings. The van der Waals surface area contributed by atoms with Gasteiger partial charge < -0.3 is 15.5 Å². The van der Waals surface area contributed by atoms with E-state index < -0.39 is 11.7 Å². The summed E-state index contributed by atoms with van der Waals surface area (Å²) >= 11 is 3.16. The minimum atomic E-state index is -4.53. The average Bonchev–Trinajstić information content (AvgIpc) is 3.57. The molecule has 2 saturated heterocycles. The smallest absolute Gasteiger partial charge is 0.366 e. The molecule has 0 radical (unpaired) electrons. The fourth-order valence-corrected chi connectivity index (χ4v) is 7.91. The van der Waals surface area contributed by atoms with Gasteiger partial charge in [0.2, 0.25) is 5.95 Å². The third kappa shape index (κ3) is 4.59. The minimum absolute atomic E-state index is 0.0473. The van der Waals surface area contributed by atoms with Crippen molar-refractivity contribution in [3.63, 3.8) is 0 Å². The van der Waals surface area contributed by atoms with Gasteiger partial charge in [-0.25, -0.2) is 9.97 Å². The highest BCUT2D eigenvalue weighted by atomic mass is 32.2. The van der Waals surface area contributed by atoms with E-state index in [4.69, 9.17) is 0 Å². The van der Waals surface area contributed by atoms with Crippen LogP contribution in [-0.2, 0) is 19.0 Å². The summed E-state index contributed by atoms with van der Waals surface area (Å²) in [5.74, 6) is 1.18. The summed E-state index contributed by atoms with van der Waals surface area (Å²) in [5, 5.41) is 6.74. The molecule has 6 rings (SSSR count). The van der Waals surface area contributed by atoms with E-state index in [1.807, 2.05) is 12.1 Å². The van der Waals surface area contributed by atoms with E-state index in [1.54, 1.807) is 11.8 Å². The van der Waals surface area contributed by atoms with E-state index in [-0.39, 0.29) is 11.6 Å². The second kappa shape index (κ2) is 9.54. The van der Waals surface area contributed by atoms with Crippen molar-refractivity contribution < 1.29 is 13.2 Å². The number of piperazine rings is 1. The van der Waals surface area contributed by atoms with Gasteiger partial charge >= 0.3 is 6.18 Å². The summed E-state index contributed by atoms with van der Waals surface area (Å²) in [7, 11) is 0. The molecule has 1 aromatic carbocycles. The summed E-state index contributed by atoms with van der Waals surface area (Å²) in [4.78, 5) is 13.7. The summed E-state index contributed by atoms with van der Waals surface area (Å²) in [6, 6.07) is 9.23. The number of rotatable bonds is 5. The number of hydrogen-bond acceptors (Lipinski definition) is 7. The highest BCUT2D eigenvalue weighted by Crippen LogP contribution is 2.43. The highest BCUT2D eigenvalue weighted by Gasteiger charge is 2.38. The van der Waals surface area contributed by atoms with E-state index in [1.165, 1.54) is 23.4 Å². The van der Waals surface area contributed by atoms with Crippen LogP contribution in [0.1, 0.15) is 42.2 Å². The van der Waals surface area contributed by atoms with Crippen molar-refractivity contribution in [2.45, 2.75) is 62.2 Å². The SMILES string of the molecule is CCc1cc(N2CC3CC2CN3)ccc1Nc1ncc(C(F)(F)F)c(-c2cc3c(s2)CCCCS3)n1. The fourth-order valence-electron chi connectivity index (χ4n) is 5.40. The molecule has 2 unspecified atom stereocenters. The summed E-state index contributed by atoms with van der Waals surface area (Å²) < 4.78 is 41.7. The molecule has 0 aliphatic carbocycles. The van der Waals surface area contributed by atoms with Crippen molar-refractivity contribution in [3.8, 4) is 10.6 Å². The predicted octanol–water partition coefficient (Wildman–Crippen LogP) is 6.51. The Balaban J connectivity index is 1.32. The molecule has 0 spiro atoms. The molecule has 2 N–H and O–H groups in total. The zero-order valence-electron chi connectivity index (χ0n) is 20.0. The molecule has 0 amide bonds. The van der Waals surface area contributed by atoms with Crippen LogP contribution in [0.2, 0.25) is 0 Å². The molecule has 5 nitrogen and oxygen atoms in total. The van der Waals surface area contributed by atoms with Gasteiger partial charge in [-0.1, -0.05) is 6.92 Å². The number of alkyl halides is 3. The van der Waals surface area contributed by atoms with Crippen molar-refractivity contribution in [1.29, 1.82) is 0 Å². The van der Waals surface area contributed by atoms with Crippen LogP contribution >= 0.6 is 23.1 Å². The lowest BCUT2D eigenvalue weighted by atomic mass is 10.1. The number of benzene rings is 1. The quantitative estimate of drug-likeness (QED) is 0.392. The van der Waals surface area contributed by atoms with Gasteiger partial charge in [-0.15, -0.1) is 23.1 Å². The summed E-state index contributed by atoms with van der Waals surface area (Å²) in [6.45, 7) is 4.10. The lowest BCUT2D eigenvalue weighted by Crippen LogP contribution is -2.43. The van der Waals surface area contributed by atoms with Crippen LogP contribution in [-0.4, -0.2) is 40.9 Å². The van der Waals surface area contributed by atoms with Crippen molar-refractivity contribution >= 4 is 40.4 Å². The normalized spacial score (nSPS) is 21.5. The van der Waals surface area contributed by atoms with Crippen LogP contribution in [0.3, 0.4) is 0 Å². The first-order chi connectivity index (χ1) is 17.4. The fraction of sp³-hybridized carbons (Fsp3) is 0.462. The molecule has 5 heterocycles. The standard InChI is InChI=1S/C26H28F3N5S2/c1-2-15-9-17(34-14-16-10-18(34)12-30-16)6-7-20(15)32-25-31-13-19(26(27,28)29)24(33-25)23-11-22-21(36-23)5-3-4-8-35-22/h6-7,9,11,13,16,18,30H,2-5,8,10,12,14H2,1H3,(H,31,32,33). The highest BCUT2D eigenvalue weighted by molar-refractivity contribution is 7.99. The third-order valence-corrected chi connectivity index (χ3v) is 9.76. The van der Waals surface area contributed by atoms with Gasteiger partial charge in [0, 0.05) is 52.5 Å². The average molecular weight is 532 g/mol. The Labute approximate surface area is 216 Å². The Morgan fingerprint density at radius 3 is 2.86 bits per heavy atom. The molecule has 3 aliphatic heterocycles. The van der Waals surface area contributed by atoms with Crippen LogP contribution in [0, 0.1) is 0 Å². The second-order valence-electron chi connectivity index (χ2n) is 9.62. The number of aryl methyl sites for hydroxylation is 2. The van der Waals surface area contributed by atoms with Crippen molar-refractivity contribution in [1.82, 2.24) is 15.3 Å². The van der Waals surface area contributed by atoms with Gasteiger partial charge in [-0.3, -0.25) is 0 Å². The maximum absolute atomic E-state index is 13.9. The first-order valence-corrected chi connectivity index (χ1v) is 14.3. The Kier molecular flexibility index (Phi) is 6.37. The van der Waals surface area contributed by atoms with Crippen molar-refractivity contribution in [2.75, 3.05) is 29.1 Å². The van der Waals surface area contributed by atoms with Gasteiger partial charge in [-0.05, 0) is 67.7 Å². The molecule has 0 saturated carbocycles. The number of nitrogens with one attached hydrogen (secondary N) is 2. The lowest BCUT2D eigenvalue weighted by molar-refractivity contribution is -0.137. The summed E-state index contributed by atoms with van der Waals surface area (Å²) in [5.41, 5.74) is 2.27. The number of aromatic nitrogens is 2. The van der Waals surface area contributed by atoms with Gasteiger partial charge in [0.25, 0.3) is 0 Å². The van der Waals surface area contributed by atoms with Crippen LogP contribution in [0.25, 0.3) is 10.6 Å². The van der Waals surface area contributed by atoms with Gasteiger partial charge in [0.1, 0.15) is 5.56 Å². The number of halogens is 3. The Morgan fingerprint density at radius 2 is 2.11 bits per heavy atom. The maximum Gasteiger partial charge on any atom is 0.420 e. The Morgan fingerprint density at radius 1 is 1.22 bits per heavy atom. The summed E-state index contributed by atoms with van der Waals surface area (Å²) in [6.07, 6.45) is 1.46. The van der Waals surface area contributed by atoms with Gasteiger partial charge in [-0.2, -0.15) is 13.2 Å². The number of thiophene rings is 1. The molecule has 2 aromatic heterocycles. The molecule has 3 aromatic rings. The van der Waals surface area contributed by atoms with E-state index in [9.17, 15) is 13.2 Å². The first kappa shape index (κ1) is 24.1. The number of nitrogens with zero attached hydrogens (tertiary/aromatic N) is 3. The molecule has 2 fully saturated rings. The lowest BCUT2D eigenvalue weighted by Gasteiger charge is -2.30. The zero-order chi connectivity index (χ0) is 24.9. The van der Waals surface area contributed by atoms with Crippen molar-refractivity contribution in [3.05, 3.63) is 46.5 Å². The van der Waals surface area contributed by atoms with Crippen molar-refractivity contribution in [2.24, 2.45) is 0 Å². The molecule has 36 heavy (non-hydrogen) atoms. The van der Waals surface area contributed by atoms with E-state index in [0.29, 0.717) is 17.0 Å². The number of fused-ring (bicyclic) bond motifs is 3. The van der Waals surface area contributed by atoms with Gasteiger partial charge in [0.05, 0.1) is 10.6 Å². The molecule has 2 bridgehead atoms. The predicted molar refractivity (Wildman–Crippen MR) is 141 cm³/mol. The monoisotopic (exact) mass is 531 g/mol. The molecule has 10 heteroatoms. The Bertz CT molecular complexity index is 1250. The van der Waals surface area contributed by atoms with Crippen LogP contribution < -0.4 is 15.5 Å². The topological polar surface area (TPSA) is 53.1 Å². The number of thioether (sulfide) groups is 1. The van der Waals surface area contributed by atoms with Gasteiger partial charge in [0.15, 0.2) is 0 Å². The maximum atomic E-state index is 13.9. The molecular formula is C26H28F3N5S2. The number of hydrogen-bond donors (Lipinski definition) is 2. The van der Waals surface area contributed by atoms with Crippen LogP contribution in [0.4, 0.5) is 30.5 Å². The Hall–Kier alpha value is -2.30. The van der Waals surface area contributed by atoms with E-state index in [2.05, 4.69) is 44.6 Å².